The van der Waals surface area contributed by atoms with Crippen LogP contribution in [0.3, 0.4) is 0 Å². The first-order chi connectivity index (χ1) is 11.1. The molecule has 118 valence electrons. The molecular weight excluding hydrogens is 292 g/mol. The largest absolute Gasteiger partial charge is 0.395 e. The van der Waals surface area contributed by atoms with Crippen molar-refractivity contribution in [2.24, 2.45) is 7.05 Å². The molecule has 0 fully saturated rings. The van der Waals surface area contributed by atoms with Crippen LogP contribution in [0.15, 0.2) is 36.5 Å². The minimum atomic E-state index is -0.222. The highest BCUT2D eigenvalue weighted by atomic mass is 16.3. The van der Waals surface area contributed by atoms with E-state index in [9.17, 15) is 4.79 Å². The standard InChI is InChI=1S/C17H18N4O2/c1-11-14(10-19-21(11)2)16-9-13(17(23)18-7-8-22)12-5-3-4-6-15(12)20-16/h3-6,9-10,22H,7-8H2,1-2H3,(H,18,23). The van der Waals surface area contributed by atoms with Gasteiger partial charge < -0.3 is 10.4 Å². The van der Waals surface area contributed by atoms with E-state index in [1.807, 2.05) is 38.2 Å². The number of pyridine rings is 1. The summed E-state index contributed by atoms with van der Waals surface area (Å²) in [5.41, 5.74) is 3.89. The lowest BCUT2D eigenvalue weighted by molar-refractivity contribution is 0.0946. The van der Waals surface area contributed by atoms with Gasteiger partial charge in [0.05, 0.1) is 29.6 Å². The number of aryl methyl sites for hydroxylation is 1. The van der Waals surface area contributed by atoms with Crippen molar-refractivity contribution in [2.45, 2.75) is 6.92 Å². The summed E-state index contributed by atoms with van der Waals surface area (Å²) in [5, 5.41) is 16.6. The summed E-state index contributed by atoms with van der Waals surface area (Å²) >= 11 is 0. The lowest BCUT2D eigenvalue weighted by Gasteiger charge is -2.10. The molecule has 2 aromatic heterocycles. The van der Waals surface area contributed by atoms with Gasteiger partial charge in [-0.1, -0.05) is 18.2 Å². The zero-order valence-electron chi connectivity index (χ0n) is 13.1. The van der Waals surface area contributed by atoms with E-state index in [0.717, 1.165) is 22.2 Å². The molecule has 0 saturated heterocycles. The van der Waals surface area contributed by atoms with E-state index in [1.165, 1.54) is 0 Å². The van der Waals surface area contributed by atoms with Gasteiger partial charge >= 0.3 is 0 Å². The fourth-order valence-electron chi connectivity index (χ4n) is 2.52. The van der Waals surface area contributed by atoms with Gasteiger partial charge in [-0.05, 0) is 19.1 Å². The molecule has 3 aromatic rings. The van der Waals surface area contributed by atoms with Crippen LogP contribution in [0, 0.1) is 6.92 Å². The number of aliphatic hydroxyl groups excluding tert-OH is 1. The number of nitrogens with one attached hydrogen (secondary N) is 1. The third-order valence-corrected chi connectivity index (χ3v) is 3.87. The molecule has 0 aliphatic rings. The molecule has 0 atom stereocenters. The maximum atomic E-state index is 12.4. The summed E-state index contributed by atoms with van der Waals surface area (Å²) in [6.07, 6.45) is 1.75. The van der Waals surface area contributed by atoms with E-state index < -0.39 is 0 Å². The van der Waals surface area contributed by atoms with Crippen molar-refractivity contribution < 1.29 is 9.90 Å². The highest BCUT2D eigenvalue weighted by Crippen LogP contribution is 2.26. The third-order valence-electron chi connectivity index (χ3n) is 3.87. The molecule has 0 bridgehead atoms. The summed E-state index contributed by atoms with van der Waals surface area (Å²) in [4.78, 5) is 17.1. The monoisotopic (exact) mass is 310 g/mol. The van der Waals surface area contributed by atoms with Gasteiger partial charge in [0, 0.05) is 30.2 Å². The number of aromatic nitrogens is 3. The molecule has 23 heavy (non-hydrogen) atoms. The zero-order chi connectivity index (χ0) is 16.4. The second-order valence-electron chi connectivity index (χ2n) is 5.32. The molecule has 2 N–H and O–H groups in total. The lowest BCUT2D eigenvalue weighted by atomic mass is 10.0. The first kappa shape index (κ1) is 15.2. The van der Waals surface area contributed by atoms with E-state index in [-0.39, 0.29) is 19.1 Å². The molecule has 0 aliphatic heterocycles. The Morgan fingerprint density at radius 1 is 1.35 bits per heavy atom. The van der Waals surface area contributed by atoms with E-state index in [1.54, 1.807) is 16.9 Å². The third kappa shape index (κ3) is 2.80. The molecule has 0 saturated carbocycles. The van der Waals surface area contributed by atoms with E-state index in [2.05, 4.69) is 15.4 Å². The first-order valence-corrected chi connectivity index (χ1v) is 7.39. The normalized spacial score (nSPS) is 10.9. The van der Waals surface area contributed by atoms with Crippen molar-refractivity contribution >= 4 is 16.8 Å². The Balaban J connectivity index is 2.17. The van der Waals surface area contributed by atoms with Gasteiger partial charge in [0.15, 0.2) is 0 Å². The van der Waals surface area contributed by atoms with Crippen LogP contribution in [-0.2, 0) is 7.05 Å². The number of nitrogens with zero attached hydrogens (tertiary/aromatic N) is 3. The Bertz CT molecular complexity index is 870. The maximum Gasteiger partial charge on any atom is 0.252 e. The number of hydrogen-bond acceptors (Lipinski definition) is 4. The van der Waals surface area contributed by atoms with Crippen LogP contribution in [0.2, 0.25) is 0 Å². The maximum absolute atomic E-state index is 12.4. The Hall–Kier alpha value is -2.73. The minimum Gasteiger partial charge on any atom is -0.395 e. The molecule has 0 unspecified atom stereocenters. The summed E-state index contributed by atoms with van der Waals surface area (Å²) in [5.74, 6) is -0.222. The number of aliphatic hydroxyl groups is 1. The van der Waals surface area contributed by atoms with Gasteiger partial charge in [-0.3, -0.25) is 9.48 Å². The van der Waals surface area contributed by atoms with Gasteiger partial charge in [0.1, 0.15) is 0 Å². The average Bonchev–Trinajstić information content (AvgIpc) is 2.91. The molecular formula is C17H18N4O2. The molecule has 1 amide bonds. The highest BCUT2D eigenvalue weighted by Gasteiger charge is 2.15. The van der Waals surface area contributed by atoms with Gasteiger partial charge in [-0.25, -0.2) is 4.98 Å². The second kappa shape index (κ2) is 6.18. The Kier molecular flexibility index (Phi) is 4.08. The smallest absolute Gasteiger partial charge is 0.252 e. The van der Waals surface area contributed by atoms with Gasteiger partial charge in [-0.2, -0.15) is 5.10 Å². The van der Waals surface area contributed by atoms with Gasteiger partial charge in [-0.15, -0.1) is 0 Å². The number of para-hydroxylation sites is 1. The van der Waals surface area contributed by atoms with Crippen LogP contribution >= 0.6 is 0 Å². The first-order valence-electron chi connectivity index (χ1n) is 7.39. The minimum absolute atomic E-state index is 0.0939. The molecule has 0 radical (unpaired) electrons. The zero-order valence-corrected chi connectivity index (χ0v) is 13.1. The van der Waals surface area contributed by atoms with Crippen LogP contribution in [0.1, 0.15) is 16.1 Å². The quantitative estimate of drug-likeness (QED) is 0.768. The van der Waals surface area contributed by atoms with Crippen molar-refractivity contribution in [3.8, 4) is 11.3 Å². The van der Waals surface area contributed by atoms with Crippen molar-refractivity contribution in [2.75, 3.05) is 13.2 Å². The number of carbonyl (C=O) groups is 1. The summed E-state index contributed by atoms with van der Waals surface area (Å²) in [6.45, 7) is 2.09. The van der Waals surface area contributed by atoms with Crippen molar-refractivity contribution in [1.82, 2.24) is 20.1 Å². The fraction of sp³-hybridized carbons (Fsp3) is 0.235. The Labute approximate surface area is 133 Å². The Morgan fingerprint density at radius 2 is 2.13 bits per heavy atom. The van der Waals surface area contributed by atoms with Crippen molar-refractivity contribution in [3.05, 3.63) is 47.8 Å². The summed E-state index contributed by atoms with van der Waals surface area (Å²) in [6, 6.07) is 9.30. The molecule has 2 heterocycles. The SMILES string of the molecule is Cc1c(-c2cc(C(=O)NCCO)c3ccccc3n2)cnn1C. The number of carbonyl (C=O) groups excluding carboxylic acids is 1. The lowest BCUT2D eigenvalue weighted by Crippen LogP contribution is -2.26. The molecule has 1 aromatic carbocycles. The predicted octanol–water partition coefficient (Wildman–Crippen LogP) is 1.67. The van der Waals surface area contributed by atoms with E-state index in [0.29, 0.717) is 11.3 Å². The predicted molar refractivity (Wildman–Crippen MR) is 88.1 cm³/mol. The molecule has 3 rings (SSSR count). The molecule has 6 nitrogen and oxygen atoms in total. The second-order valence-corrected chi connectivity index (χ2v) is 5.32. The fourth-order valence-corrected chi connectivity index (χ4v) is 2.52. The summed E-state index contributed by atoms with van der Waals surface area (Å²) in [7, 11) is 1.87. The molecule has 6 heteroatoms. The average molecular weight is 310 g/mol. The topological polar surface area (TPSA) is 80.0 Å². The van der Waals surface area contributed by atoms with Crippen molar-refractivity contribution in [3.63, 3.8) is 0 Å². The Morgan fingerprint density at radius 3 is 2.83 bits per heavy atom. The van der Waals surface area contributed by atoms with Crippen LogP contribution in [0.25, 0.3) is 22.2 Å². The van der Waals surface area contributed by atoms with Gasteiger partial charge in [0.25, 0.3) is 5.91 Å². The number of hydrogen-bond donors (Lipinski definition) is 2. The van der Waals surface area contributed by atoms with Crippen molar-refractivity contribution in [1.29, 1.82) is 0 Å². The number of amides is 1. The highest BCUT2D eigenvalue weighted by molar-refractivity contribution is 6.07. The van der Waals surface area contributed by atoms with E-state index >= 15 is 0 Å². The van der Waals surface area contributed by atoms with Crippen LogP contribution < -0.4 is 5.32 Å². The van der Waals surface area contributed by atoms with Gasteiger partial charge in [0.2, 0.25) is 0 Å². The molecule has 0 spiro atoms. The number of benzene rings is 1. The van der Waals surface area contributed by atoms with E-state index in [4.69, 9.17) is 5.11 Å². The summed E-state index contributed by atoms with van der Waals surface area (Å²) < 4.78 is 1.78. The number of rotatable bonds is 4. The van der Waals surface area contributed by atoms with Crippen LogP contribution in [0.5, 0.6) is 0 Å². The van der Waals surface area contributed by atoms with Crippen LogP contribution in [0.4, 0.5) is 0 Å². The molecule has 0 aliphatic carbocycles. The number of fused-ring (bicyclic) bond motifs is 1. The van der Waals surface area contributed by atoms with Crippen LogP contribution in [-0.4, -0.2) is 38.9 Å².